The Labute approximate surface area is 213 Å². The molecule has 9 heteroatoms. The number of phenols is 1. The summed E-state index contributed by atoms with van der Waals surface area (Å²) in [6.45, 7) is 5.69. The van der Waals surface area contributed by atoms with E-state index in [0.717, 1.165) is 31.4 Å². The molecule has 36 heavy (non-hydrogen) atoms. The van der Waals surface area contributed by atoms with E-state index in [9.17, 15) is 14.3 Å². The van der Waals surface area contributed by atoms with Gasteiger partial charge < -0.3 is 15.3 Å². The summed E-state index contributed by atoms with van der Waals surface area (Å²) in [5, 5.41) is 12.9. The van der Waals surface area contributed by atoms with Crippen LogP contribution >= 0.6 is 11.6 Å². The highest BCUT2D eigenvalue weighted by Crippen LogP contribution is 2.34. The van der Waals surface area contributed by atoms with E-state index in [0.29, 0.717) is 45.1 Å². The number of fused-ring (bicyclic) bond motifs is 1. The van der Waals surface area contributed by atoms with E-state index >= 15 is 0 Å². The third kappa shape index (κ3) is 4.68. The number of carbonyl (C=O) groups is 1. The molecule has 1 aliphatic rings. The minimum Gasteiger partial charge on any atom is -0.504 e. The lowest BCUT2D eigenvalue weighted by atomic mass is 10.0. The van der Waals surface area contributed by atoms with Gasteiger partial charge in [0.1, 0.15) is 11.3 Å². The van der Waals surface area contributed by atoms with Gasteiger partial charge in [-0.25, -0.2) is 14.4 Å². The van der Waals surface area contributed by atoms with Crippen LogP contribution in [0, 0.1) is 11.7 Å². The summed E-state index contributed by atoms with van der Waals surface area (Å²) in [6, 6.07) is 9.92. The number of piperidine rings is 1. The van der Waals surface area contributed by atoms with Gasteiger partial charge in [0.05, 0.1) is 39.4 Å². The molecule has 1 saturated heterocycles. The second kappa shape index (κ2) is 9.70. The van der Waals surface area contributed by atoms with Crippen molar-refractivity contribution in [3.05, 3.63) is 65.2 Å². The van der Waals surface area contributed by atoms with Gasteiger partial charge in [0.25, 0.3) is 0 Å². The van der Waals surface area contributed by atoms with Crippen molar-refractivity contribution >= 4 is 45.6 Å². The number of carbonyl (C=O) groups excluding carboxylic acids is 1. The van der Waals surface area contributed by atoms with Crippen LogP contribution in [0.2, 0.25) is 5.02 Å². The van der Waals surface area contributed by atoms with Crippen LogP contribution in [0.1, 0.15) is 37.0 Å². The maximum atomic E-state index is 14.1. The summed E-state index contributed by atoms with van der Waals surface area (Å²) in [6.07, 6.45) is 5.64. The number of hydrogen-bond acceptors (Lipinski definition) is 7. The first-order valence-electron chi connectivity index (χ1n) is 11.8. The number of Topliss-reactive ketones (excluding diaryl/α,β-unsaturated/α-hetero) is 1. The fourth-order valence-electron chi connectivity index (χ4n) is 4.52. The van der Waals surface area contributed by atoms with Crippen molar-refractivity contribution in [3.63, 3.8) is 0 Å². The molecule has 0 saturated carbocycles. The number of ketones is 1. The monoisotopic (exact) mass is 505 g/mol. The second-order valence-electron chi connectivity index (χ2n) is 9.18. The van der Waals surface area contributed by atoms with E-state index in [1.165, 1.54) is 25.6 Å². The molecule has 3 aromatic heterocycles. The molecule has 184 valence electrons. The first-order valence-corrected chi connectivity index (χ1v) is 12.1. The lowest BCUT2D eigenvalue weighted by molar-refractivity contribution is 0.101. The largest absolute Gasteiger partial charge is 0.504 e. The van der Waals surface area contributed by atoms with Crippen molar-refractivity contribution in [3.8, 4) is 17.0 Å². The van der Waals surface area contributed by atoms with Gasteiger partial charge in [-0.3, -0.25) is 9.78 Å². The van der Waals surface area contributed by atoms with E-state index in [-0.39, 0.29) is 10.8 Å². The Balaban J connectivity index is 1.54. The van der Waals surface area contributed by atoms with Crippen LogP contribution in [0.5, 0.6) is 5.75 Å². The first-order chi connectivity index (χ1) is 17.3. The zero-order valence-electron chi connectivity index (χ0n) is 19.9. The number of anilines is 3. The number of nitrogens with one attached hydrogen (secondary N) is 1. The maximum Gasteiger partial charge on any atom is 0.170 e. The summed E-state index contributed by atoms with van der Waals surface area (Å²) < 4.78 is 14.1. The molecule has 5 rings (SSSR count). The highest BCUT2D eigenvalue weighted by Gasteiger charge is 2.19. The molecule has 1 aromatic carbocycles. The molecule has 1 aliphatic heterocycles. The van der Waals surface area contributed by atoms with Gasteiger partial charge in [0.15, 0.2) is 17.3 Å². The van der Waals surface area contributed by atoms with E-state index in [2.05, 4.69) is 32.1 Å². The molecular formula is C27H25ClFN5O2. The molecular weight excluding hydrogens is 481 g/mol. The number of aromatic hydroxyl groups is 1. The average Bonchev–Trinajstić information content (AvgIpc) is 2.87. The third-order valence-corrected chi connectivity index (χ3v) is 6.69. The number of rotatable bonds is 5. The fourth-order valence-corrected chi connectivity index (χ4v) is 4.73. The third-order valence-electron chi connectivity index (χ3n) is 6.40. The average molecular weight is 506 g/mol. The quantitative estimate of drug-likeness (QED) is 0.304. The van der Waals surface area contributed by atoms with E-state index in [4.69, 9.17) is 11.6 Å². The zero-order chi connectivity index (χ0) is 25.4. The SMILES string of the molecule is CC(=O)c1cnc2ccc(-c3cc(F)c(O)c(Cl)c3)nc2c1Nc1ccc(N2CCC[C@@H](C)C2)nc1. The number of benzene rings is 1. The first kappa shape index (κ1) is 23.9. The molecule has 0 radical (unpaired) electrons. The van der Waals surface area contributed by atoms with Gasteiger partial charge in [0, 0.05) is 24.8 Å². The molecule has 4 aromatic rings. The number of halogens is 2. The molecule has 0 spiro atoms. The lowest BCUT2D eigenvalue weighted by Gasteiger charge is -2.31. The van der Waals surface area contributed by atoms with Crippen molar-refractivity contribution in [1.82, 2.24) is 15.0 Å². The van der Waals surface area contributed by atoms with E-state index in [1.807, 2.05) is 12.1 Å². The summed E-state index contributed by atoms with van der Waals surface area (Å²) in [7, 11) is 0. The lowest BCUT2D eigenvalue weighted by Crippen LogP contribution is -2.34. The molecule has 1 atom stereocenters. The molecule has 7 nitrogen and oxygen atoms in total. The Morgan fingerprint density at radius 2 is 2.03 bits per heavy atom. The maximum absolute atomic E-state index is 14.1. The Hall–Kier alpha value is -3.78. The van der Waals surface area contributed by atoms with Gasteiger partial charge in [-0.1, -0.05) is 18.5 Å². The Morgan fingerprint density at radius 3 is 2.72 bits per heavy atom. The van der Waals surface area contributed by atoms with Crippen molar-refractivity contribution in [2.45, 2.75) is 26.7 Å². The highest BCUT2D eigenvalue weighted by molar-refractivity contribution is 6.32. The molecule has 0 bridgehead atoms. The van der Waals surface area contributed by atoms with Crippen LogP contribution in [0.3, 0.4) is 0 Å². The van der Waals surface area contributed by atoms with Crippen molar-refractivity contribution in [2.24, 2.45) is 5.92 Å². The summed E-state index contributed by atoms with van der Waals surface area (Å²) in [4.78, 5) is 28.4. The van der Waals surface area contributed by atoms with Gasteiger partial charge in [-0.05, 0) is 62.1 Å². The topological polar surface area (TPSA) is 91.2 Å². The number of phenolic OH excluding ortho intramolecular Hbond substituents is 1. The number of hydrogen-bond donors (Lipinski definition) is 2. The van der Waals surface area contributed by atoms with Crippen molar-refractivity contribution < 1.29 is 14.3 Å². The van der Waals surface area contributed by atoms with Crippen LogP contribution in [0.15, 0.2) is 48.8 Å². The fraction of sp³-hybridized carbons (Fsp3) is 0.259. The summed E-state index contributed by atoms with van der Waals surface area (Å²) in [5.74, 6) is -0.0756. The van der Waals surface area contributed by atoms with Crippen LogP contribution in [0.25, 0.3) is 22.3 Å². The molecule has 0 unspecified atom stereocenters. The van der Waals surface area contributed by atoms with Gasteiger partial charge in [0.2, 0.25) is 0 Å². The summed E-state index contributed by atoms with van der Waals surface area (Å²) >= 11 is 5.97. The minimum absolute atomic E-state index is 0.116. The van der Waals surface area contributed by atoms with E-state index in [1.54, 1.807) is 18.3 Å². The molecule has 2 N–H and O–H groups in total. The minimum atomic E-state index is -0.845. The molecule has 0 amide bonds. The van der Waals surface area contributed by atoms with Gasteiger partial charge in [-0.2, -0.15) is 0 Å². The second-order valence-corrected chi connectivity index (χ2v) is 9.59. The zero-order valence-corrected chi connectivity index (χ0v) is 20.7. The van der Waals surface area contributed by atoms with Crippen LogP contribution < -0.4 is 10.2 Å². The van der Waals surface area contributed by atoms with Crippen LogP contribution in [-0.4, -0.2) is 38.9 Å². The molecule has 4 heterocycles. The highest BCUT2D eigenvalue weighted by atomic mass is 35.5. The number of nitrogens with zero attached hydrogens (tertiary/aromatic N) is 4. The van der Waals surface area contributed by atoms with Gasteiger partial charge in [-0.15, -0.1) is 0 Å². The Kier molecular flexibility index (Phi) is 6.45. The number of pyridine rings is 3. The summed E-state index contributed by atoms with van der Waals surface area (Å²) in [5.41, 5.74) is 3.36. The van der Waals surface area contributed by atoms with Gasteiger partial charge >= 0.3 is 0 Å². The van der Waals surface area contributed by atoms with Crippen molar-refractivity contribution in [1.29, 1.82) is 0 Å². The van der Waals surface area contributed by atoms with Crippen LogP contribution in [-0.2, 0) is 0 Å². The molecule has 1 fully saturated rings. The van der Waals surface area contributed by atoms with Crippen molar-refractivity contribution in [2.75, 3.05) is 23.3 Å². The Morgan fingerprint density at radius 1 is 1.19 bits per heavy atom. The van der Waals surface area contributed by atoms with Crippen LogP contribution in [0.4, 0.5) is 21.6 Å². The Bertz CT molecular complexity index is 1440. The number of aromatic nitrogens is 3. The smallest absolute Gasteiger partial charge is 0.170 e. The molecule has 0 aliphatic carbocycles. The predicted octanol–water partition coefficient (Wildman–Crippen LogP) is 6.37. The standard InChI is InChI=1S/C27H25ClFN5O2/c1-15-4-3-9-34(14-15)24-8-5-18(12-31-24)32-25-19(16(2)35)13-30-23-7-6-22(33-26(23)25)17-10-20(28)27(36)21(29)11-17/h5-8,10-13,15,36H,3-4,9,14H2,1-2H3,(H,30,32)/t15-/m1/s1. The van der Waals surface area contributed by atoms with E-state index < -0.39 is 11.6 Å². The predicted molar refractivity (Wildman–Crippen MR) is 140 cm³/mol. The normalized spacial score (nSPS) is 15.8.